The number of hydrogen-bond acceptors (Lipinski definition) is 6. The monoisotopic (exact) mass is 645 g/mol. The highest BCUT2D eigenvalue weighted by atomic mass is 16.5. The Balaban J connectivity index is 1.22. The van der Waals surface area contributed by atoms with E-state index in [1.807, 2.05) is 42.5 Å². The number of nitrogens with zero attached hydrogens (tertiary/aromatic N) is 3. The van der Waals surface area contributed by atoms with Crippen molar-refractivity contribution in [1.82, 2.24) is 0 Å². The fourth-order valence-electron chi connectivity index (χ4n) is 4.44. The molecule has 0 saturated carbocycles. The van der Waals surface area contributed by atoms with Crippen molar-refractivity contribution in [3.63, 3.8) is 0 Å². The van der Waals surface area contributed by atoms with E-state index in [9.17, 15) is 0 Å². The average Bonchev–Trinajstić information content (AvgIpc) is 3.14. The van der Waals surface area contributed by atoms with Gasteiger partial charge in [0.15, 0.2) is 28.6 Å². The zero-order valence-electron chi connectivity index (χ0n) is 26.9. The predicted molar refractivity (Wildman–Crippen MR) is 185 cm³/mol. The molecule has 0 aromatic heterocycles. The second-order valence-electron chi connectivity index (χ2n) is 10.6. The highest BCUT2D eigenvalue weighted by molar-refractivity contribution is 5.51. The highest BCUT2D eigenvalue weighted by Gasteiger charge is 2.13. The summed E-state index contributed by atoms with van der Waals surface area (Å²) in [7, 11) is 0. The van der Waals surface area contributed by atoms with Gasteiger partial charge in [-0.05, 0) is 87.1 Å². The minimum absolute atomic E-state index is 0.469. The SMILES string of the molecule is [C-]#[N+]c1ccc(OCCCCOc2cccc(OCCCCOc3ccc([N+]#[C-])cc3)c2OCCCCOc2ccc([N+]#[C-])cc2)cc1. The van der Waals surface area contributed by atoms with Gasteiger partial charge in [-0.25, -0.2) is 14.5 Å². The first-order valence-electron chi connectivity index (χ1n) is 16.0. The molecule has 4 rings (SSSR count). The van der Waals surface area contributed by atoms with E-state index in [-0.39, 0.29) is 0 Å². The van der Waals surface area contributed by atoms with Crippen LogP contribution in [0.15, 0.2) is 91.0 Å². The minimum Gasteiger partial charge on any atom is -0.494 e. The van der Waals surface area contributed by atoms with E-state index in [0.29, 0.717) is 74.0 Å². The lowest BCUT2D eigenvalue weighted by Crippen LogP contribution is -2.08. The third-order valence-electron chi connectivity index (χ3n) is 7.02. The molecular formula is C39H39N3O6. The Kier molecular flexibility index (Phi) is 14.8. The van der Waals surface area contributed by atoms with Gasteiger partial charge in [-0.2, -0.15) is 0 Å². The van der Waals surface area contributed by atoms with E-state index in [2.05, 4.69) is 14.5 Å². The van der Waals surface area contributed by atoms with Gasteiger partial charge in [0.25, 0.3) is 0 Å². The number of benzene rings is 4. The van der Waals surface area contributed by atoms with Gasteiger partial charge in [0.05, 0.1) is 59.4 Å². The zero-order chi connectivity index (χ0) is 33.7. The number of ether oxygens (including phenoxy) is 6. The summed E-state index contributed by atoms with van der Waals surface area (Å²) >= 11 is 0. The number of unbranched alkanes of at least 4 members (excludes halogenated alkanes) is 3. The van der Waals surface area contributed by atoms with Gasteiger partial charge in [-0.1, -0.05) is 42.5 Å². The van der Waals surface area contributed by atoms with Crippen LogP contribution in [0.4, 0.5) is 17.1 Å². The van der Waals surface area contributed by atoms with Gasteiger partial charge in [-0.15, -0.1) is 0 Å². The topological polar surface area (TPSA) is 68.5 Å². The first-order valence-corrected chi connectivity index (χ1v) is 16.0. The summed E-state index contributed by atoms with van der Waals surface area (Å²) in [6.07, 6.45) is 4.77. The van der Waals surface area contributed by atoms with Crippen molar-refractivity contribution >= 4 is 17.1 Å². The van der Waals surface area contributed by atoms with Crippen LogP contribution < -0.4 is 28.4 Å². The number of hydrogen-bond donors (Lipinski definition) is 0. The molecule has 0 aliphatic rings. The Hall–Kier alpha value is -5.85. The van der Waals surface area contributed by atoms with Crippen molar-refractivity contribution in [2.24, 2.45) is 0 Å². The lowest BCUT2D eigenvalue weighted by atomic mass is 10.2. The van der Waals surface area contributed by atoms with E-state index in [1.54, 1.807) is 48.5 Å². The van der Waals surface area contributed by atoms with E-state index in [4.69, 9.17) is 48.1 Å². The Morgan fingerprint density at radius 3 is 0.958 bits per heavy atom. The zero-order valence-corrected chi connectivity index (χ0v) is 26.9. The quantitative estimate of drug-likeness (QED) is 0.0664. The van der Waals surface area contributed by atoms with Gasteiger partial charge in [0, 0.05) is 0 Å². The van der Waals surface area contributed by atoms with Gasteiger partial charge < -0.3 is 28.4 Å². The predicted octanol–water partition coefficient (Wildman–Crippen LogP) is 10.1. The second-order valence-corrected chi connectivity index (χ2v) is 10.6. The van der Waals surface area contributed by atoms with Crippen LogP contribution in [0.25, 0.3) is 14.5 Å². The molecule has 9 nitrogen and oxygen atoms in total. The molecule has 0 saturated heterocycles. The second kappa shape index (κ2) is 20.3. The smallest absolute Gasteiger partial charge is 0.203 e. The van der Waals surface area contributed by atoms with Crippen LogP contribution in [-0.2, 0) is 0 Å². The third kappa shape index (κ3) is 12.2. The van der Waals surface area contributed by atoms with Gasteiger partial charge in [0.1, 0.15) is 17.2 Å². The Labute approximate surface area is 283 Å². The normalized spacial score (nSPS) is 10.2. The molecule has 0 atom stereocenters. The fourth-order valence-corrected chi connectivity index (χ4v) is 4.44. The number of para-hydroxylation sites is 1. The van der Waals surface area contributed by atoms with Crippen molar-refractivity contribution in [3.05, 3.63) is 125 Å². The highest BCUT2D eigenvalue weighted by Crippen LogP contribution is 2.38. The largest absolute Gasteiger partial charge is 0.494 e. The van der Waals surface area contributed by atoms with Gasteiger partial charge >= 0.3 is 0 Å². The van der Waals surface area contributed by atoms with Crippen molar-refractivity contribution < 1.29 is 28.4 Å². The lowest BCUT2D eigenvalue weighted by Gasteiger charge is -2.17. The van der Waals surface area contributed by atoms with Crippen LogP contribution in [0, 0.1) is 19.7 Å². The first kappa shape index (κ1) is 35.0. The standard InChI is InChI=1S/C39H39N3O6/c1-40-31-13-19-34(20-14-31)43-25-4-7-28-46-37-11-10-12-38(47-29-8-5-26-44-35-21-15-32(41-2)16-22-35)39(37)48-30-9-6-27-45-36-23-17-33(42-3)18-24-36/h10-24H,4-9,25-30H2. The molecule has 0 fully saturated rings. The van der Waals surface area contributed by atoms with E-state index in [1.165, 1.54) is 0 Å². The maximum Gasteiger partial charge on any atom is 0.203 e. The van der Waals surface area contributed by atoms with Crippen LogP contribution in [0.1, 0.15) is 38.5 Å². The molecular weight excluding hydrogens is 606 g/mol. The van der Waals surface area contributed by atoms with Crippen LogP contribution in [0.3, 0.4) is 0 Å². The summed E-state index contributed by atoms with van der Waals surface area (Å²) < 4.78 is 35.9. The van der Waals surface area contributed by atoms with Crippen molar-refractivity contribution in [2.75, 3.05) is 39.6 Å². The molecule has 0 bridgehead atoms. The maximum absolute atomic E-state index is 7.07. The summed E-state index contributed by atoms with van der Waals surface area (Å²) in [5.74, 6) is 4.07. The minimum atomic E-state index is 0.469. The lowest BCUT2D eigenvalue weighted by molar-refractivity contribution is 0.221. The molecule has 0 aliphatic heterocycles. The average molecular weight is 646 g/mol. The molecule has 0 aliphatic carbocycles. The molecule has 0 heterocycles. The van der Waals surface area contributed by atoms with Crippen molar-refractivity contribution in [2.45, 2.75) is 38.5 Å². The van der Waals surface area contributed by atoms with Crippen molar-refractivity contribution in [1.29, 1.82) is 0 Å². The molecule has 0 unspecified atom stereocenters. The molecule has 0 radical (unpaired) electrons. The van der Waals surface area contributed by atoms with Gasteiger partial charge in [-0.3, -0.25) is 0 Å². The Bertz CT molecular complexity index is 1570. The summed E-state index contributed by atoms with van der Waals surface area (Å²) in [4.78, 5) is 10.2. The maximum atomic E-state index is 7.07. The third-order valence-corrected chi connectivity index (χ3v) is 7.02. The van der Waals surface area contributed by atoms with E-state index >= 15 is 0 Å². The molecule has 48 heavy (non-hydrogen) atoms. The molecule has 0 N–H and O–H groups in total. The van der Waals surface area contributed by atoms with Crippen LogP contribution in [0.5, 0.6) is 34.5 Å². The summed E-state index contributed by atoms with van der Waals surface area (Å²) in [6.45, 7) is 24.3. The van der Waals surface area contributed by atoms with Crippen molar-refractivity contribution in [3.8, 4) is 34.5 Å². The Morgan fingerprint density at radius 2 is 0.646 bits per heavy atom. The van der Waals surface area contributed by atoms with Crippen LogP contribution >= 0.6 is 0 Å². The van der Waals surface area contributed by atoms with E-state index in [0.717, 1.165) is 55.8 Å². The van der Waals surface area contributed by atoms with Gasteiger partial charge in [0.2, 0.25) is 5.75 Å². The molecule has 0 amide bonds. The summed E-state index contributed by atoms with van der Waals surface area (Å²) in [5.41, 5.74) is 1.77. The number of rotatable bonds is 21. The Morgan fingerprint density at radius 1 is 0.354 bits per heavy atom. The van der Waals surface area contributed by atoms with Crippen LogP contribution in [0.2, 0.25) is 0 Å². The fraction of sp³-hybridized carbons (Fsp3) is 0.308. The molecule has 4 aromatic carbocycles. The summed E-state index contributed by atoms with van der Waals surface area (Å²) in [6, 6.07) is 27.0. The molecule has 4 aromatic rings. The van der Waals surface area contributed by atoms with E-state index < -0.39 is 0 Å². The molecule has 246 valence electrons. The van der Waals surface area contributed by atoms with Crippen LogP contribution in [-0.4, -0.2) is 39.6 Å². The first-order chi connectivity index (χ1) is 23.7. The summed E-state index contributed by atoms with van der Waals surface area (Å²) in [5, 5.41) is 0. The molecule has 9 heteroatoms. The molecule has 0 spiro atoms.